The van der Waals surface area contributed by atoms with Gasteiger partial charge in [0.15, 0.2) is 0 Å². The second kappa shape index (κ2) is 7.35. The van der Waals surface area contributed by atoms with E-state index in [1.807, 2.05) is 0 Å². The lowest BCUT2D eigenvalue weighted by Crippen LogP contribution is -2.41. The number of hydrogen-bond acceptors (Lipinski definition) is 6. The number of anilines is 2. The van der Waals surface area contributed by atoms with Gasteiger partial charge in [0.05, 0.1) is 11.6 Å². The molecule has 0 bridgehead atoms. The van der Waals surface area contributed by atoms with Gasteiger partial charge in [0.25, 0.3) is 5.56 Å². The van der Waals surface area contributed by atoms with Crippen LogP contribution < -0.4 is 33.4 Å². The summed E-state index contributed by atoms with van der Waals surface area (Å²) < 4.78 is 0. The number of H-pyrrole nitrogens is 1. The van der Waals surface area contributed by atoms with Gasteiger partial charge in [-0.3, -0.25) is 14.9 Å². The van der Waals surface area contributed by atoms with Gasteiger partial charge < -0.3 is 27.5 Å². The zero-order chi connectivity index (χ0) is 17.7. The number of nitrogens with two attached hydrogens (primary N) is 3. The van der Waals surface area contributed by atoms with Gasteiger partial charge in [-0.2, -0.15) is 4.98 Å². The molecule has 0 unspecified atom stereocenters. The second-order valence-electron chi connectivity index (χ2n) is 4.87. The van der Waals surface area contributed by atoms with Crippen LogP contribution in [0.25, 0.3) is 11.1 Å². The predicted molar refractivity (Wildman–Crippen MR) is 89.2 cm³/mol. The molecule has 2 aromatic rings. The Balaban J connectivity index is 2.17. The number of hydrogen-bond donors (Lipinski definition) is 6. The van der Waals surface area contributed by atoms with Crippen molar-refractivity contribution in [2.45, 2.75) is 6.04 Å². The molecule has 0 saturated carbocycles. The molecule has 24 heavy (non-hydrogen) atoms. The van der Waals surface area contributed by atoms with Crippen molar-refractivity contribution in [3.63, 3.8) is 0 Å². The van der Waals surface area contributed by atoms with E-state index in [1.165, 1.54) is 6.20 Å². The number of nitrogens with one attached hydrogen (secondary N) is 3. The minimum atomic E-state index is -0.832. The van der Waals surface area contributed by atoms with Crippen LogP contribution in [0.1, 0.15) is 0 Å². The molecule has 0 saturated heterocycles. The molecule has 1 aromatic heterocycles. The van der Waals surface area contributed by atoms with Gasteiger partial charge in [-0.15, -0.1) is 0 Å². The SMILES string of the molecule is NC[C@@H](N)C(=O)Nc1ccc(-c2c[nH]c(NC(N)=O)nc2=O)cc1. The summed E-state index contributed by atoms with van der Waals surface area (Å²) >= 11 is 0. The summed E-state index contributed by atoms with van der Waals surface area (Å²) in [4.78, 5) is 40.7. The Hall–Kier alpha value is -3.24. The summed E-state index contributed by atoms with van der Waals surface area (Å²) in [6, 6.07) is 4.88. The zero-order valence-corrected chi connectivity index (χ0v) is 12.6. The lowest BCUT2D eigenvalue weighted by Gasteiger charge is -2.10. The number of aromatic amines is 1. The van der Waals surface area contributed by atoms with E-state index in [9.17, 15) is 14.4 Å². The fourth-order valence-electron chi connectivity index (χ4n) is 1.86. The van der Waals surface area contributed by atoms with Crippen LogP contribution in [0, 0.1) is 0 Å². The van der Waals surface area contributed by atoms with Crippen molar-refractivity contribution >= 4 is 23.6 Å². The Morgan fingerprint density at radius 1 is 1.21 bits per heavy atom. The van der Waals surface area contributed by atoms with E-state index in [4.69, 9.17) is 17.2 Å². The summed E-state index contributed by atoms with van der Waals surface area (Å²) in [6.07, 6.45) is 1.40. The van der Waals surface area contributed by atoms with Gasteiger partial charge in [0.2, 0.25) is 11.9 Å². The number of carbonyl (C=O) groups is 2. The third-order valence-corrected chi connectivity index (χ3v) is 3.09. The molecule has 1 aromatic carbocycles. The third-order valence-electron chi connectivity index (χ3n) is 3.09. The lowest BCUT2D eigenvalue weighted by atomic mass is 10.1. The number of aromatic nitrogens is 2. The highest BCUT2D eigenvalue weighted by molar-refractivity contribution is 5.95. The van der Waals surface area contributed by atoms with Gasteiger partial charge in [-0.1, -0.05) is 12.1 Å². The first kappa shape index (κ1) is 17.1. The van der Waals surface area contributed by atoms with Crippen LogP contribution in [0.3, 0.4) is 0 Å². The van der Waals surface area contributed by atoms with E-state index in [-0.39, 0.29) is 12.5 Å². The largest absolute Gasteiger partial charge is 0.351 e. The number of carbonyl (C=O) groups excluding carboxylic acids is 2. The average molecular weight is 331 g/mol. The molecule has 0 aliphatic carbocycles. The van der Waals surface area contributed by atoms with Gasteiger partial charge in [-0.05, 0) is 17.7 Å². The predicted octanol–water partition coefficient (Wildman–Crippen LogP) is -0.848. The lowest BCUT2D eigenvalue weighted by molar-refractivity contribution is -0.117. The molecule has 0 spiro atoms. The van der Waals surface area contributed by atoms with Crippen molar-refractivity contribution < 1.29 is 9.59 Å². The summed E-state index contributed by atoms with van der Waals surface area (Å²) in [5.74, 6) is -0.442. The van der Waals surface area contributed by atoms with E-state index in [0.717, 1.165) is 0 Å². The summed E-state index contributed by atoms with van der Waals surface area (Å²) in [5, 5.41) is 4.78. The summed E-state index contributed by atoms with van der Waals surface area (Å²) in [6.45, 7) is 0.0383. The quantitative estimate of drug-likeness (QED) is 0.415. The molecule has 9 N–H and O–H groups in total. The van der Waals surface area contributed by atoms with Crippen LogP contribution in [0.15, 0.2) is 35.3 Å². The second-order valence-corrected chi connectivity index (χ2v) is 4.87. The van der Waals surface area contributed by atoms with Crippen molar-refractivity contribution in [1.82, 2.24) is 9.97 Å². The highest BCUT2D eigenvalue weighted by Crippen LogP contribution is 2.18. The fraction of sp³-hybridized carbons (Fsp3) is 0.143. The zero-order valence-electron chi connectivity index (χ0n) is 12.6. The van der Waals surface area contributed by atoms with Crippen molar-refractivity contribution in [2.24, 2.45) is 17.2 Å². The van der Waals surface area contributed by atoms with Crippen molar-refractivity contribution in [2.75, 3.05) is 17.2 Å². The standard InChI is InChI=1S/C14H17N7O3/c15-5-10(16)12(23)19-8-3-1-7(2-4-8)9-6-18-14(20-11(9)22)21-13(17)24/h1-4,6,10H,5,15-16H2,(H,19,23)(H4,17,18,20,21,22,24)/t10-/m1/s1. The molecular formula is C14H17N7O3. The fourth-order valence-corrected chi connectivity index (χ4v) is 1.86. The minimum absolute atomic E-state index is 0.0383. The van der Waals surface area contributed by atoms with Crippen molar-refractivity contribution in [3.05, 3.63) is 40.8 Å². The highest BCUT2D eigenvalue weighted by Gasteiger charge is 2.12. The molecule has 0 aliphatic heterocycles. The van der Waals surface area contributed by atoms with Crippen LogP contribution in [0.2, 0.25) is 0 Å². The van der Waals surface area contributed by atoms with Crippen LogP contribution >= 0.6 is 0 Å². The van der Waals surface area contributed by atoms with Crippen LogP contribution in [0.5, 0.6) is 0 Å². The van der Waals surface area contributed by atoms with Crippen LogP contribution in [-0.4, -0.2) is 34.5 Å². The number of primary amides is 1. The Labute approximate surface area is 136 Å². The van der Waals surface area contributed by atoms with Crippen LogP contribution in [0.4, 0.5) is 16.4 Å². The number of amides is 3. The molecule has 1 heterocycles. The Kier molecular flexibility index (Phi) is 5.24. The molecule has 126 valence electrons. The average Bonchev–Trinajstić information content (AvgIpc) is 2.54. The molecule has 1 atom stereocenters. The number of benzene rings is 1. The van der Waals surface area contributed by atoms with Gasteiger partial charge >= 0.3 is 6.03 Å². The van der Waals surface area contributed by atoms with Crippen molar-refractivity contribution in [3.8, 4) is 11.1 Å². The molecule has 10 heteroatoms. The van der Waals surface area contributed by atoms with E-state index >= 15 is 0 Å². The Morgan fingerprint density at radius 3 is 2.42 bits per heavy atom. The minimum Gasteiger partial charge on any atom is -0.351 e. The molecule has 3 amide bonds. The third kappa shape index (κ3) is 4.15. The monoisotopic (exact) mass is 331 g/mol. The number of rotatable bonds is 5. The maximum Gasteiger partial charge on any atom is 0.318 e. The molecule has 0 fully saturated rings. The maximum absolute atomic E-state index is 12.0. The topological polar surface area (TPSA) is 182 Å². The van der Waals surface area contributed by atoms with Gasteiger partial charge in [0, 0.05) is 18.4 Å². The number of urea groups is 1. The van der Waals surface area contributed by atoms with E-state index in [2.05, 4.69) is 20.6 Å². The first-order chi connectivity index (χ1) is 11.4. The normalized spacial score (nSPS) is 11.6. The van der Waals surface area contributed by atoms with E-state index in [1.54, 1.807) is 24.3 Å². The molecule has 0 radical (unpaired) electrons. The first-order valence-corrected chi connectivity index (χ1v) is 6.94. The smallest absolute Gasteiger partial charge is 0.318 e. The van der Waals surface area contributed by atoms with E-state index in [0.29, 0.717) is 16.8 Å². The molecule has 10 nitrogen and oxygen atoms in total. The molecule has 2 rings (SSSR count). The van der Waals surface area contributed by atoms with Crippen LogP contribution in [-0.2, 0) is 4.79 Å². The highest BCUT2D eigenvalue weighted by atomic mass is 16.2. The van der Waals surface area contributed by atoms with Crippen molar-refractivity contribution in [1.29, 1.82) is 0 Å². The Morgan fingerprint density at radius 2 is 1.88 bits per heavy atom. The summed E-state index contributed by atoms with van der Waals surface area (Å²) in [5.41, 5.74) is 16.6. The van der Waals surface area contributed by atoms with Gasteiger partial charge in [0.1, 0.15) is 0 Å². The molecule has 0 aliphatic rings. The maximum atomic E-state index is 12.0. The van der Waals surface area contributed by atoms with E-state index < -0.39 is 23.5 Å². The Bertz CT molecular complexity index is 801. The molecular weight excluding hydrogens is 314 g/mol. The first-order valence-electron chi connectivity index (χ1n) is 6.94. The number of nitrogens with zero attached hydrogens (tertiary/aromatic N) is 1. The van der Waals surface area contributed by atoms with Gasteiger partial charge in [-0.25, -0.2) is 4.79 Å². The summed E-state index contributed by atoms with van der Waals surface area (Å²) in [7, 11) is 0.